The maximum atomic E-state index is 5.72. The molecule has 5 nitrogen and oxygen atoms in total. The number of nitrogens with one attached hydrogen (secondary N) is 1. The molecule has 5 heteroatoms. The number of aromatic nitrogens is 1. The zero-order chi connectivity index (χ0) is 15.6. The predicted octanol–water partition coefficient (Wildman–Crippen LogP) is 0.836. The number of aryl methyl sites for hydroxylation is 1. The topological polar surface area (TPSA) is 57.4 Å². The largest absolute Gasteiger partial charge is 0.329 e. The Kier molecular flexibility index (Phi) is 7.80. The summed E-state index contributed by atoms with van der Waals surface area (Å²) in [5.41, 5.74) is 7.99. The molecule has 0 bridgehead atoms. The van der Waals surface area contributed by atoms with Gasteiger partial charge in [0, 0.05) is 38.4 Å². The van der Waals surface area contributed by atoms with Crippen LogP contribution in [-0.2, 0) is 6.54 Å². The van der Waals surface area contributed by atoms with Crippen LogP contribution in [-0.4, -0.2) is 67.1 Å². The normalized spacial score (nSPS) is 19.7. The fourth-order valence-electron chi connectivity index (χ4n) is 3.01. The van der Waals surface area contributed by atoms with Crippen molar-refractivity contribution in [1.29, 1.82) is 0 Å². The van der Waals surface area contributed by atoms with Crippen LogP contribution in [0.2, 0.25) is 0 Å². The molecule has 0 spiro atoms. The lowest BCUT2D eigenvalue weighted by molar-refractivity contribution is 0.230. The summed E-state index contributed by atoms with van der Waals surface area (Å²) in [5, 5.41) is 3.55. The first-order valence-corrected chi connectivity index (χ1v) is 8.56. The SMILES string of the molecule is Cc1cccc(CN2CCCN(CCN)CCCNCC2)n1. The Morgan fingerprint density at radius 1 is 1.09 bits per heavy atom. The quantitative estimate of drug-likeness (QED) is 0.863. The fraction of sp³-hybridized carbons (Fsp3) is 0.706. The van der Waals surface area contributed by atoms with E-state index in [2.05, 4.69) is 45.2 Å². The van der Waals surface area contributed by atoms with Crippen molar-refractivity contribution in [2.24, 2.45) is 5.73 Å². The van der Waals surface area contributed by atoms with Crippen LogP contribution < -0.4 is 11.1 Å². The van der Waals surface area contributed by atoms with E-state index in [9.17, 15) is 0 Å². The highest BCUT2D eigenvalue weighted by atomic mass is 15.2. The monoisotopic (exact) mass is 305 g/mol. The molecule has 0 unspecified atom stereocenters. The van der Waals surface area contributed by atoms with Crippen LogP contribution in [0.1, 0.15) is 24.2 Å². The Balaban J connectivity index is 1.89. The third-order valence-corrected chi connectivity index (χ3v) is 4.16. The summed E-state index contributed by atoms with van der Waals surface area (Å²) in [4.78, 5) is 9.65. The van der Waals surface area contributed by atoms with Gasteiger partial charge in [-0.25, -0.2) is 0 Å². The number of nitrogens with two attached hydrogens (primary N) is 1. The van der Waals surface area contributed by atoms with Gasteiger partial charge in [-0.1, -0.05) is 6.07 Å². The first-order valence-electron chi connectivity index (χ1n) is 8.56. The van der Waals surface area contributed by atoms with Gasteiger partial charge in [0.25, 0.3) is 0 Å². The highest BCUT2D eigenvalue weighted by Crippen LogP contribution is 2.05. The van der Waals surface area contributed by atoms with Gasteiger partial charge in [0.15, 0.2) is 0 Å². The zero-order valence-corrected chi connectivity index (χ0v) is 13.9. The van der Waals surface area contributed by atoms with E-state index in [-0.39, 0.29) is 0 Å². The summed E-state index contributed by atoms with van der Waals surface area (Å²) in [5.74, 6) is 0. The Morgan fingerprint density at radius 2 is 1.91 bits per heavy atom. The van der Waals surface area contributed by atoms with E-state index in [0.717, 1.165) is 64.6 Å². The summed E-state index contributed by atoms with van der Waals surface area (Å²) < 4.78 is 0. The van der Waals surface area contributed by atoms with Crippen molar-refractivity contribution in [3.63, 3.8) is 0 Å². The van der Waals surface area contributed by atoms with Crippen molar-refractivity contribution >= 4 is 0 Å². The van der Waals surface area contributed by atoms with E-state index < -0.39 is 0 Å². The van der Waals surface area contributed by atoms with Crippen molar-refractivity contribution < 1.29 is 0 Å². The summed E-state index contributed by atoms with van der Waals surface area (Å²) in [6.45, 7) is 11.4. The van der Waals surface area contributed by atoms with E-state index in [1.54, 1.807) is 0 Å². The highest BCUT2D eigenvalue weighted by Gasteiger charge is 2.10. The van der Waals surface area contributed by atoms with Crippen LogP contribution in [0.3, 0.4) is 0 Å². The molecule has 0 aromatic carbocycles. The van der Waals surface area contributed by atoms with Crippen LogP contribution in [0.25, 0.3) is 0 Å². The van der Waals surface area contributed by atoms with E-state index in [1.165, 1.54) is 18.5 Å². The lowest BCUT2D eigenvalue weighted by Gasteiger charge is -2.24. The fourth-order valence-corrected chi connectivity index (χ4v) is 3.01. The van der Waals surface area contributed by atoms with Crippen molar-refractivity contribution in [3.8, 4) is 0 Å². The van der Waals surface area contributed by atoms with Crippen molar-refractivity contribution in [1.82, 2.24) is 20.1 Å². The second-order valence-corrected chi connectivity index (χ2v) is 6.13. The Labute approximate surface area is 134 Å². The first-order chi connectivity index (χ1) is 10.8. The van der Waals surface area contributed by atoms with Gasteiger partial charge in [0.2, 0.25) is 0 Å². The molecule has 2 heterocycles. The van der Waals surface area contributed by atoms with Crippen molar-refractivity contribution in [2.75, 3.05) is 52.4 Å². The second kappa shape index (κ2) is 9.90. The molecule has 0 amide bonds. The molecule has 1 aliphatic rings. The maximum Gasteiger partial charge on any atom is 0.0547 e. The van der Waals surface area contributed by atoms with Gasteiger partial charge in [-0.05, 0) is 58.1 Å². The number of pyridine rings is 1. The van der Waals surface area contributed by atoms with E-state index in [0.29, 0.717) is 0 Å². The molecule has 1 saturated heterocycles. The minimum absolute atomic E-state index is 0.754. The summed E-state index contributed by atoms with van der Waals surface area (Å²) in [6.07, 6.45) is 2.41. The summed E-state index contributed by atoms with van der Waals surface area (Å²) in [6, 6.07) is 6.29. The molecule has 0 aliphatic carbocycles. The lowest BCUT2D eigenvalue weighted by Crippen LogP contribution is -2.34. The number of nitrogens with zero attached hydrogens (tertiary/aromatic N) is 3. The van der Waals surface area contributed by atoms with Crippen LogP contribution in [0.5, 0.6) is 0 Å². The number of hydrogen-bond acceptors (Lipinski definition) is 5. The Morgan fingerprint density at radius 3 is 2.73 bits per heavy atom. The molecule has 2 rings (SSSR count). The average Bonchev–Trinajstić information content (AvgIpc) is 2.54. The summed E-state index contributed by atoms with van der Waals surface area (Å²) in [7, 11) is 0. The molecular formula is C17H31N5. The minimum Gasteiger partial charge on any atom is -0.329 e. The smallest absolute Gasteiger partial charge is 0.0547 e. The third-order valence-electron chi connectivity index (χ3n) is 4.16. The molecule has 1 aromatic rings. The molecule has 0 saturated carbocycles. The average molecular weight is 305 g/mol. The third kappa shape index (κ3) is 6.40. The van der Waals surface area contributed by atoms with Crippen molar-refractivity contribution in [2.45, 2.75) is 26.3 Å². The van der Waals surface area contributed by atoms with Gasteiger partial charge < -0.3 is 16.0 Å². The molecule has 3 N–H and O–H groups in total. The minimum atomic E-state index is 0.754. The van der Waals surface area contributed by atoms with E-state index in [4.69, 9.17) is 5.73 Å². The molecule has 22 heavy (non-hydrogen) atoms. The van der Waals surface area contributed by atoms with Gasteiger partial charge in [-0.15, -0.1) is 0 Å². The first kappa shape index (κ1) is 17.3. The predicted molar refractivity (Wildman–Crippen MR) is 91.8 cm³/mol. The Hall–Kier alpha value is -1.01. The van der Waals surface area contributed by atoms with Crippen molar-refractivity contribution in [3.05, 3.63) is 29.6 Å². The van der Waals surface area contributed by atoms with Crippen LogP contribution >= 0.6 is 0 Å². The molecule has 124 valence electrons. The van der Waals surface area contributed by atoms with Gasteiger partial charge in [0.1, 0.15) is 0 Å². The molecule has 1 fully saturated rings. The van der Waals surface area contributed by atoms with Gasteiger partial charge in [-0.2, -0.15) is 0 Å². The van der Waals surface area contributed by atoms with Crippen LogP contribution in [0.4, 0.5) is 0 Å². The number of hydrogen-bond donors (Lipinski definition) is 2. The second-order valence-electron chi connectivity index (χ2n) is 6.13. The van der Waals surface area contributed by atoms with Gasteiger partial charge >= 0.3 is 0 Å². The number of rotatable bonds is 4. The Bertz CT molecular complexity index is 423. The summed E-state index contributed by atoms with van der Waals surface area (Å²) >= 11 is 0. The van der Waals surface area contributed by atoms with Gasteiger partial charge in [0.05, 0.1) is 5.69 Å². The molecule has 1 aromatic heterocycles. The molecule has 0 atom stereocenters. The standard InChI is InChI=1S/C17H31N5/c1-16-5-2-6-17(20-16)15-22-12-4-11-21(13-7-18)10-3-8-19-9-14-22/h2,5-6,19H,3-4,7-15,18H2,1H3. The lowest BCUT2D eigenvalue weighted by atomic mass is 10.2. The van der Waals surface area contributed by atoms with Crippen LogP contribution in [0.15, 0.2) is 18.2 Å². The molecule has 0 radical (unpaired) electrons. The zero-order valence-electron chi connectivity index (χ0n) is 13.9. The van der Waals surface area contributed by atoms with E-state index >= 15 is 0 Å². The molecule has 1 aliphatic heterocycles. The maximum absolute atomic E-state index is 5.72. The molecular weight excluding hydrogens is 274 g/mol. The highest BCUT2D eigenvalue weighted by molar-refractivity contribution is 5.09. The van der Waals surface area contributed by atoms with Crippen LogP contribution in [0, 0.1) is 6.92 Å². The van der Waals surface area contributed by atoms with E-state index in [1.807, 2.05) is 0 Å². The van der Waals surface area contributed by atoms with Gasteiger partial charge in [-0.3, -0.25) is 9.88 Å².